The lowest BCUT2D eigenvalue weighted by Crippen LogP contribution is -2.33. The molecule has 1 amide bonds. The van der Waals surface area contributed by atoms with Crippen molar-refractivity contribution in [3.63, 3.8) is 0 Å². The Labute approximate surface area is 83.7 Å². The molecule has 0 radical (unpaired) electrons. The number of hydroxylamine groups is 1. The number of amides is 1. The third-order valence-corrected chi connectivity index (χ3v) is 1.48. The minimum absolute atomic E-state index is 0.0230. The zero-order valence-corrected chi connectivity index (χ0v) is 8.94. The Hall–Kier alpha value is -1.10. The van der Waals surface area contributed by atoms with Gasteiger partial charge >= 0.3 is 5.97 Å². The predicted octanol–water partition coefficient (Wildman–Crippen LogP) is 0.845. The predicted molar refractivity (Wildman–Crippen MR) is 49.8 cm³/mol. The van der Waals surface area contributed by atoms with Gasteiger partial charge in [-0.3, -0.25) is 9.59 Å². The minimum atomic E-state index is -0.741. The molecule has 0 bridgehead atoms. The summed E-state index contributed by atoms with van der Waals surface area (Å²) in [5.74, 6) is -0.586. The topological polar surface area (TPSA) is 64.6 Å². The largest absolute Gasteiger partial charge is 0.433 e. The molecule has 1 unspecified atom stereocenters. The van der Waals surface area contributed by atoms with E-state index in [0.717, 1.165) is 0 Å². The summed E-state index contributed by atoms with van der Waals surface area (Å²) in [7, 11) is 0. The lowest BCUT2D eigenvalue weighted by atomic mass is 10.2. The first kappa shape index (κ1) is 12.9. The number of esters is 1. The van der Waals surface area contributed by atoms with Gasteiger partial charge in [0, 0.05) is 5.92 Å². The van der Waals surface area contributed by atoms with E-state index in [1.54, 1.807) is 13.8 Å². The van der Waals surface area contributed by atoms with E-state index in [1.807, 2.05) is 19.3 Å². The Bertz CT molecular complexity index is 191. The van der Waals surface area contributed by atoms with Gasteiger partial charge in [0.15, 0.2) is 0 Å². The lowest BCUT2D eigenvalue weighted by Gasteiger charge is -2.20. The Kier molecular flexibility index (Phi) is 5.87. The highest BCUT2D eigenvalue weighted by atomic mass is 16.8. The van der Waals surface area contributed by atoms with Crippen molar-refractivity contribution in [3.05, 3.63) is 0 Å². The van der Waals surface area contributed by atoms with Crippen molar-refractivity contribution in [2.45, 2.75) is 34.0 Å². The fourth-order valence-corrected chi connectivity index (χ4v) is 0.642. The van der Waals surface area contributed by atoms with E-state index in [1.165, 1.54) is 0 Å². The van der Waals surface area contributed by atoms with E-state index in [-0.39, 0.29) is 17.8 Å². The van der Waals surface area contributed by atoms with Crippen LogP contribution >= 0.6 is 0 Å². The highest BCUT2D eigenvalue weighted by molar-refractivity contribution is 5.71. The Balaban J connectivity index is 4.08. The molecule has 0 aromatic rings. The van der Waals surface area contributed by atoms with Gasteiger partial charge in [0.2, 0.25) is 12.7 Å². The third kappa shape index (κ3) is 4.81. The zero-order valence-electron chi connectivity index (χ0n) is 8.94. The average Bonchev–Trinajstić information content (AvgIpc) is 2.10. The molecule has 0 aromatic heterocycles. The van der Waals surface area contributed by atoms with Gasteiger partial charge in [-0.15, -0.1) is 0 Å². The summed E-state index contributed by atoms with van der Waals surface area (Å²) < 4.78 is 4.99. The standard InChI is InChI=1S/C9H17NO4/c1-6(2)8(12)13-9(7(3)4)14-10-5-11/h5-7,9H,1-4H3,(H,10,11). The van der Waals surface area contributed by atoms with Crippen molar-refractivity contribution in [2.75, 3.05) is 0 Å². The molecular weight excluding hydrogens is 186 g/mol. The molecule has 0 aromatic carbocycles. The molecule has 5 heteroatoms. The molecule has 0 spiro atoms. The summed E-state index contributed by atoms with van der Waals surface area (Å²) in [6, 6.07) is 0. The molecule has 82 valence electrons. The molecule has 0 rings (SSSR count). The normalized spacial score (nSPS) is 12.7. The molecule has 5 nitrogen and oxygen atoms in total. The summed E-state index contributed by atoms with van der Waals surface area (Å²) in [6.45, 7) is 7.11. The molecule has 1 N–H and O–H groups in total. The van der Waals surface area contributed by atoms with Crippen LogP contribution in [0.5, 0.6) is 0 Å². The molecule has 1 atom stereocenters. The van der Waals surface area contributed by atoms with Gasteiger partial charge in [-0.2, -0.15) is 0 Å². The van der Waals surface area contributed by atoms with Gasteiger partial charge in [0.25, 0.3) is 0 Å². The van der Waals surface area contributed by atoms with Gasteiger partial charge in [-0.25, -0.2) is 10.3 Å². The second-order valence-corrected chi connectivity index (χ2v) is 3.56. The van der Waals surface area contributed by atoms with Crippen LogP contribution in [-0.4, -0.2) is 18.7 Å². The van der Waals surface area contributed by atoms with E-state index < -0.39 is 6.29 Å². The van der Waals surface area contributed by atoms with Crippen LogP contribution < -0.4 is 5.48 Å². The van der Waals surface area contributed by atoms with E-state index >= 15 is 0 Å². The zero-order chi connectivity index (χ0) is 11.1. The number of ether oxygens (including phenoxy) is 1. The van der Waals surface area contributed by atoms with Gasteiger partial charge in [0.05, 0.1) is 5.92 Å². The van der Waals surface area contributed by atoms with Crippen LogP contribution in [0.2, 0.25) is 0 Å². The number of hydrogen-bond acceptors (Lipinski definition) is 4. The van der Waals surface area contributed by atoms with Gasteiger partial charge in [-0.05, 0) is 0 Å². The monoisotopic (exact) mass is 203 g/mol. The van der Waals surface area contributed by atoms with Crippen molar-refractivity contribution in [1.82, 2.24) is 5.48 Å². The van der Waals surface area contributed by atoms with Crippen molar-refractivity contribution in [1.29, 1.82) is 0 Å². The van der Waals surface area contributed by atoms with Crippen LogP contribution in [-0.2, 0) is 19.2 Å². The van der Waals surface area contributed by atoms with Crippen LogP contribution in [0.4, 0.5) is 0 Å². The third-order valence-electron chi connectivity index (χ3n) is 1.48. The van der Waals surface area contributed by atoms with E-state index in [9.17, 15) is 9.59 Å². The highest BCUT2D eigenvalue weighted by Crippen LogP contribution is 2.09. The molecule has 0 aliphatic heterocycles. The van der Waals surface area contributed by atoms with Crippen LogP contribution in [0, 0.1) is 11.8 Å². The molecule has 0 aliphatic carbocycles. The Morgan fingerprint density at radius 3 is 2.21 bits per heavy atom. The first-order valence-electron chi connectivity index (χ1n) is 4.54. The molecular formula is C9H17NO4. The Morgan fingerprint density at radius 2 is 1.86 bits per heavy atom. The van der Waals surface area contributed by atoms with Crippen molar-refractivity contribution in [3.8, 4) is 0 Å². The fraction of sp³-hybridized carbons (Fsp3) is 0.778. The highest BCUT2D eigenvalue weighted by Gasteiger charge is 2.20. The maximum atomic E-state index is 11.2. The summed E-state index contributed by atoms with van der Waals surface area (Å²) in [5, 5.41) is 0. The number of nitrogens with one attached hydrogen (secondary N) is 1. The number of carbonyl (C=O) groups excluding carboxylic acids is 2. The van der Waals surface area contributed by atoms with Crippen molar-refractivity contribution < 1.29 is 19.2 Å². The maximum Gasteiger partial charge on any atom is 0.310 e. The average molecular weight is 203 g/mol. The molecule has 0 saturated carbocycles. The smallest absolute Gasteiger partial charge is 0.310 e. The summed E-state index contributed by atoms with van der Waals surface area (Å²) in [4.78, 5) is 26.0. The first-order chi connectivity index (χ1) is 6.49. The fourth-order valence-electron chi connectivity index (χ4n) is 0.642. The summed E-state index contributed by atoms with van der Waals surface area (Å²) in [6.07, 6.45) is -0.353. The molecule has 0 saturated heterocycles. The van der Waals surface area contributed by atoms with E-state index in [4.69, 9.17) is 9.57 Å². The van der Waals surface area contributed by atoms with Crippen LogP contribution in [0.1, 0.15) is 27.7 Å². The summed E-state index contributed by atoms with van der Waals surface area (Å²) in [5.41, 5.74) is 2.02. The minimum Gasteiger partial charge on any atom is -0.433 e. The number of hydrogen-bond donors (Lipinski definition) is 1. The first-order valence-corrected chi connectivity index (χ1v) is 4.54. The molecule has 14 heavy (non-hydrogen) atoms. The molecule has 0 heterocycles. The van der Waals surface area contributed by atoms with Gasteiger partial charge in [0.1, 0.15) is 0 Å². The van der Waals surface area contributed by atoms with Gasteiger partial charge in [-0.1, -0.05) is 27.7 Å². The second kappa shape index (κ2) is 6.37. The van der Waals surface area contributed by atoms with E-state index in [2.05, 4.69) is 0 Å². The molecule has 0 aliphatic rings. The quantitative estimate of drug-likeness (QED) is 0.301. The summed E-state index contributed by atoms with van der Waals surface area (Å²) >= 11 is 0. The van der Waals surface area contributed by atoms with Crippen LogP contribution in [0.15, 0.2) is 0 Å². The van der Waals surface area contributed by atoms with Crippen molar-refractivity contribution >= 4 is 12.4 Å². The molecule has 0 fully saturated rings. The SMILES string of the molecule is CC(C)C(=O)OC(ONC=O)C(C)C. The van der Waals surface area contributed by atoms with Crippen LogP contribution in [0.25, 0.3) is 0 Å². The van der Waals surface area contributed by atoms with Crippen molar-refractivity contribution in [2.24, 2.45) is 11.8 Å². The number of rotatable bonds is 6. The number of carbonyl (C=O) groups is 2. The second-order valence-electron chi connectivity index (χ2n) is 3.56. The van der Waals surface area contributed by atoms with E-state index in [0.29, 0.717) is 6.41 Å². The Morgan fingerprint density at radius 1 is 1.29 bits per heavy atom. The lowest BCUT2D eigenvalue weighted by molar-refractivity contribution is -0.208. The van der Waals surface area contributed by atoms with Gasteiger partial charge < -0.3 is 4.74 Å². The maximum absolute atomic E-state index is 11.2. The van der Waals surface area contributed by atoms with Crippen LogP contribution in [0.3, 0.4) is 0 Å².